The van der Waals surface area contributed by atoms with Crippen LogP contribution in [0.2, 0.25) is 0 Å². The van der Waals surface area contributed by atoms with Gasteiger partial charge in [-0.3, -0.25) is 9.48 Å². The number of amides is 1. The number of aryl methyl sites for hydroxylation is 2. The van der Waals surface area contributed by atoms with Gasteiger partial charge in [-0.1, -0.05) is 6.07 Å². The quantitative estimate of drug-likeness (QED) is 0.883. The summed E-state index contributed by atoms with van der Waals surface area (Å²) in [5.74, 6) is -0.0577. The SMILES string of the molecule is Cc1cc(C(=O)N2CCC(NS(=O)(=O)c3cccs3)CC2)n(C)n1. The van der Waals surface area contributed by atoms with E-state index in [0.29, 0.717) is 35.8 Å². The second-order valence-electron chi connectivity index (χ2n) is 5.91. The lowest BCUT2D eigenvalue weighted by Crippen LogP contribution is -2.46. The average molecular weight is 368 g/mol. The van der Waals surface area contributed by atoms with Crippen LogP contribution in [0.3, 0.4) is 0 Å². The van der Waals surface area contributed by atoms with Crippen molar-refractivity contribution in [3.05, 3.63) is 35.0 Å². The molecule has 0 radical (unpaired) electrons. The zero-order valence-corrected chi connectivity index (χ0v) is 15.2. The molecule has 3 rings (SSSR count). The van der Waals surface area contributed by atoms with Crippen molar-refractivity contribution in [1.82, 2.24) is 19.4 Å². The number of thiophene rings is 1. The van der Waals surface area contributed by atoms with Gasteiger partial charge in [0.1, 0.15) is 9.90 Å². The highest BCUT2D eigenvalue weighted by atomic mass is 32.2. The number of carbonyl (C=O) groups is 1. The normalized spacial score (nSPS) is 16.5. The lowest BCUT2D eigenvalue weighted by Gasteiger charge is -2.32. The van der Waals surface area contributed by atoms with E-state index in [0.717, 1.165) is 5.69 Å². The number of rotatable bonds is 4. The highest BCUT2D eigenvalue weighted by molar-refractivity contribution is 7.91. The van der Waals surface area contributed by atoms with Crippen LogP contribution >= 0.6 is 11.3 Å². The van der Waals surface area contributed by atoms with E-state index in [1.54, 1.807) is 40.2 Å². The molecule has 0 atom stereocenters. The molecule has 0 bridgehead atoms. The molecule has 24 heavy (non-hydrogen) atoms. The lowest BCUT2D eigenvalue weighted by molar-refractivity contribution is 0.0700. The molecule has 2 aromatic heterocycles. The molecule has 1 fully saturated rings. The van der Waals surface area contributed by atoms with E-state index in [9.17, 15) is 13.2 Å². The first kappa shape index (κ1) is 17.1. The van der Waals surface area contributed by atoms with Gasteiger partial charge in [0.15, 0.2) is 0 Å². The summed E-state index contributed by atoms with van der Waals surface area (Å²) in [7, 11) is -1.71. The largest absolute Gasteiger partial charge is 0.337 e. The summed E-state index contributed by atoms with van der Waals surface area (Å²) in [6.45, 7) is 2.91. The van der Waals surface area contributed by atoms with Gasteiger partial charge in [-0.05, 0) is 37.3 Å². The predicted octanol–water partition coefficient (Wildman–Crippen LogP) is 1.37. The van der Waals surface area contributed by atoms with Gasteiger partial charge in [0.2, 0.25) is 10.0 Å². The number of sulfonamides is 1. The number of aromatic nitrogens is 2. The molecule has 0 aliphatic carbocycles. The van der Waals surface area contributed by atoms with Crippen LogP contribution in [-0.2, 0) is 17.1 Å². The van der Waals surface area contributed by atoms with Crippen LogP contribution in [0, 0.1) is 6.92 Å². The monoisotopic (exact) mass is 368 g/mol. The molecular formula is C15H20N4O3S2. The van der Waals surface area contributed by atoms with Gasteiger partial charge in [0.05, 0.1) is 5.69 Å². The molecule has 0 saturated carbocycles. The number of carbonyl (C=O) groups excluding carboxylic acids is 1. The maximum Gasteiger partial charge on any atom is 0.272 e. The molecule has 1 saturated heterocycles. The van der Waals surface area contributed by atoms with Crippen molar-refractivity contribution in [2.75, 3.05) is 13.1 Å². The lowest BCUT2D eigenvalue weighted by atomic mass is 10.1. The molecule has 9 heteroatoms. The van der Waals surface area contributed by atoms with E-state index in [-0.39, 0.29) is 11.9 Å². The van der Waals surface area contributed by atoms with E-state index >= 15 is 0 Å². The molecule has 0 unspecified atom stereocenters. The third kappa shape index (κ3) is 3.52. The van der Waals surface area contributed by atoms with Crippen LogP contribution in [-0.4, -0.2) is 48.1 Å². The molecular weight excluding hydrogens is 348 g/mol. The van der Waals surface area contributed by atoms with Crippen LogP contribution in [0.4, 0.5) is 0 Å². The van der Waals surface area contributed by atoms with Crippen LogP contribution in [0.25, 0.3) is 0 Å². The Morgan fingerprint density at radius 2 is 2.08 bits per heavy atom. The third-order valence-corrected chi connectivity index (χ3v) is 7.00. The number of piperidine rings is 1. The molecule has 0 aromatic carbocycles. The summed E-state index contributed by atoms with van der Waals surface area (Å²) in [4.78, 5) is 14.3. The Balaban J connectivity index is 1.60. The Kier molecular flexibility index (Phi) is 4.75. The maximum absolute atomic E-state index is 12.5. The van der Waals surface area contributed by atoms with Gasteiger partial charge in [-0.25, -0.2) is 13.1 Å². The van der Waals surface area contributed by atoms with Crippen LogP contribution in [0.1, 0.15) is 29.0 Å². The number of hydrogen-bond donors (Lipinski definition) is 1. The highest BCUT2D eigenvalue weighted by Gasteiger charge is 2.28. The fraction of sp³-hybridized carbons (Fsp3) is 0.467. The zero-order chi connectivity index (χ0) is 17.3. The molecule has 1 aliphatic rings. The first-order valence-electron chi connectivity index (χ1n) is 7.72. The number of nitrogens with one attached hydrogen (secondary N) is 1. The second-order valence-corrected chi connectivity index (χ2v) is 8.80. The molecule has 1 N–H and O–H groups in total. The predicted molar refractivity (Wildman–Crippen MR) is 91.5 cm³/mol. The Morgan fingerprint density at radius 1 is 1.38 bits per heavy atom. The van der Waals surface area contributed by atoms with Crippen LogP contribution < -0.4 is 4.72 Å². The van der Waals surface area contributed by atoms with Gasteiger partial charge < -0.3 is 4.90 Å². The summed E-state index contributed by atoms with van der Waals surface area (Å²) < 4.78 is 29.2. The van der Waals surface area contributed by atoms with E-state index in [1.165, 1.54) is 11.3 Å². The van der Waals surface area contributed by atoms with Gasteiger partial charge in [0, 0.05) is 26.2 Å². The topological polar surface area (TPSA) is 84.3 Å². The van der Waals surface area contributed by atoms with Crippen molar-refractivity contribution in [2.45, 2.75) is 30.0 Å². The van der Waals surface area contributed by atoms with Gasteiger partial charge in [-0.15, -0.1) is 11.3 Å². The highest BCUT2D eigenvalue weighted by Crippen LogP contribution is 2.19. The molecule has 0 spiro atoms. The Labute approximate surface area is 145 Å². The van der Waals surface area contributed by atoms with Crippen molar-refractivity contribution in [1.29, 1.82) is 0 Å². The van der Waals surface area contributed by atoms with E-state index < -0.39 is 10.0 Å². The molecule has 1 aliphatic heterocycles. The fourth-order valence-corrected chi connectivity index (χ4v) is 5.18. The minimum absolute atomic E-state index is 0.0577. The molecule has 130 valence electrons. The first-order chi connectivity index (χ1) is 11.4. The first-order valence-corrected chi connectivity index (χ1v) is 10.1. The summed E-state index contributed by atoms with van der Waals surface area (Å²) in [5, 5.41) is 5.94. The summed E-state index contributed by atoms with van der Waals surface area (Å²) in [6, 6.07) is 4.94. The van der Waals surface area contributed by atoms with E-state index in [4.69, 9.17) is 0 Å². The van der Waals surface area contributed by atoms with Gasteiger partial charge >= 0.3 is 0 Å². The van der Waals surface area contributed by atoms with Crippen molar-refractivity contribution in [2.24, 2.45) is 7.05 Å². The minimum atomic E-state index is -3.46. The number of nitrogens with zero attached hydrogens (tertiary/aromatic N) is 3. The van der Waals surface area contributed by atoms with Crippen molar-refractivity contribution >= 4 is 27.3 Å². The van der Waals surface area contributed by atoms with E-state index in [1.807, 2.05) is 6.92 Å². The standard InChI is InChI=1S/C15H20N4O3S2/c1-11-10-13(18(2)16-11)15(20)19-7-5-12(6-8-19)17-24(21,22)14-4-3-9-23-14/h3-4,9-10,12,17H,5-8H2,1-2H3. The van der Waals surface area contributed by atoms with Gasteiger partial charge in [-0.2, -0.15) is 5.10 Å². The van der Waals surface area contributed by atoms with Crippen molar-refractivity contribution < 1.29 is 13.2 Å². The third-order valence-electron chi connectivity index (χ3n) is 4.09. The molecule has 3 heterocycles. The van der Waals surface area contributed by atoms with Crippen LogP contribution in [0.5, 0.6) is 0 Å². The molecule has 2 aromatic rings. The van der Waals surface area contributed by atoms with Crippen molar-refractivity contribution in [3.63, 3.8) is 0 Å². The summed E-state index contributed by atoms with van der Waals surface area (Å²) >= 11 is 1.20. The number of hydrogen-bond acceptors (Lipinski definition) is 5. The smallest absolute Gasteiger partial charge is 0.272 e. The fourth-order valence-electron chi connectivity index (χ4n) is 2.87. The Morgan fingerprint density at radius 3 is 2.62 bits per heavy atom. The summed E-state index contributed by atoms with van der Waals surface area (Å²) in [5.41, 5.74) is 1.37. The maximum atomic E-state index is 12.5. The molecule has 7 nitrogen and oxygen atoms in total. The van der Waals surface area contributed by atoms with Crippen molar-refractivity contribution in [3.8, 4) is 0 Å². The second kappa shape index (κ2) is 6.66. The minimum Gasteiger partial charge on any atom is -0.337 e. The zero-order valence-electron chi connectivity index (χ0n) is 13.6. The Bertz CT molecular complexity index is 819. The molecule has 1 amide bonds. The Hall–Kier alpha value is -1.71. The van der Waals surface area contributed by atoms with Crippen LogP contribution in [0.15, 0.2) is 27.8 Å². The van der Waals surface area contributed by atoms with E-state index in [2.05, 4.69) is 9.82 Å². The average Bonchev–Trinajstić information content (AvgIpc) is 3.17. The number of likely N-dealkylation sites (tertiary alicyclic amines) is 1. The summed E-state index contributed by atoms with van der Waals surface area (Å²) in [6.07, 6.45) is 1.21. The van der Waals surface area contributed by atoms with Gasteiger partial charge in [0.25, 0.3) is 5.91 Å².